The molecule has 0 aliphatic heterocycles. The summed E-state index contributed by atoms with van der Waals surface area (Å²) in [4.78, 5) is 0. The van der Waals surface area contributed by atoms with Gasteiger partial charge >= 0.3 is 333 Å². The molecule has 0 heterocycles. The van der Waals surface area contributed by atoms with E-state index in [2.05, 4.69) is 139 Å². The van der Waals surface area contributed by atoms with Crippen molar-refractivity contribution in [3.63, 3.8) is 0 Å². The minimum absolute atomic E-state index is 0.0571. The van der Waals surface area contributed by atoms with Gasteiger partial charge in [0.25, 0.3) is 0 Å². The van der Waals surface area contributed by atoms with E-state index in [1.165, 1.54) is 111 Å². The first-order valence-electron chi connectivity index (χ1n) is 20.4. The maximum absolute atomic E-state index is 8.92. The summed E-state index contributed by atoms with van der Waals surface area (Å²) in [7, 11) is 17.8. The van der Waals surface area contributed by atoms with E-state index >= 15 is 0 Å². The number of benzene rings is 4. The van der Waals surface area contributed by atoms with E-state index in [9.17, 15) is 0 Å². The second-order valence-electron chi connectivity index (χ2n) is 17.0. The molecule has 0 nitrogen and oxygen atoms in total. The van der Waals surface area contributed by atoms with Gasteiger partial charge in [-0.15, -0.1) is 0 Å². The molecule has 0 amide bonds. The Morgan fingerprint density at radius 2 is 0.887 bits per heavy atom. The summed E-state index contributed by atoms with van der Waals surface area (Å²) < 4.78 is 0.950. The molecule has 2 atom stereocenters. The molecule has 6 rings (SSSR count). The molecule has 0 N–H and O–H groups in total. The van der Waals surface area contributed by atoms with E-state index in [0.717, 1.165) is 42.7 Å². The molecule has 2 aliphatic carbocycles. The van der Waals surface area contributed by atoms with Gasteiger partial charge < -0.3 is 0 Å². The van der Waals surface area contributed by atoms with Gasteiger partial charge in [0, 0.05) is 0 Å². The van der Waals surface area contributed by atoms with E-state index in [1.54, 1.807) is 0 Å². The van der Waals surface area contributed by atoms with Gasteiger partial charge in [0.15, 0.2) is 0 Å². The van der Waals surface area contributed by atoms with Crippen LogP contribution >= 0.6 is 17.0 Å². The molecule has 0 saturated carbocycles. The van der Waals surface area contributed by atoms with Crippen LogP contribution in [0.1, 0.15) is 144 Å². The number of rotatable bonds is 11. The normalized spacial score (nSPS) is 17.4. The zero-order valence-electron chi connectivity index (χ0n) is 35.0. The van der Waals surface area contributed by atoms with Crippen LogP contribution in [-0.4, -0.2) is 0 Å². The first kappa shape index (κ1) is 40.5. The maximum atomic E-state index is 8.92. The molecule has 2 aliphatic rings. The van der Waals surface area contributed by atoms with Crippen molar-refractivity contribution in [2.45, 2.75) is 140 Å². The van der Waals surface area contributed by atoms with Crippen LogP contribution in [0.5, 0.6) is 0 Å². The molecule has 2 unspecified atom stereocenters. The van der Waals surface area contributed by atoms with Crippen molar-refractivity contribution in [2.24, 2.45) is 0 Å². The van der Waals surface area contributed by atoms with Crippen LogP contribution < -0.4 is 0 Å². The van der Waals surface area contributed by atoms with Crippen molar-refractivity contribution in [3.8, 4) is 22.3 Å². The van der Waals surface area contributed by atoms with E-state index in [4.69, 9.17) is 17.0 Å². The Labute approximate surface area is 330 Å². The first-order chi connectivity index (χ1) is 25.0. The van der Waals surface area contributed by atoms with E-state index in [1.807, 2.05) is 0 Å². The Hall–Kier alpha value is -2.18. The van der Waals surface area contributed by atoms with Crippen LogP contribution in [0.2, 0.25) is 4.13 Å². The molecule has 53 heavy (non-hydrogen) atoms. The van der Waals surface area contributed by atoms with Crippen LogP contribution in [-0.2, 0) is 16.4 Å². The van der Waals surface area contributed by atoms with Gasteiger partial charge in [-0.2, -0.15) is 0 Å². The van der Waals surface area contributed by atoms with Crippen molar-refractivity contribution in [2.75, 3.05) is 0 Å². The molecule has 4 aromatic rings. The van der Waals surface area contributed by atoms with Gasteiger partial charge in [0.1, 0.15) is 0 Å². The Morgan fingerprint density at radius 1 is 0.509 bits per heavy atom. The number of aryl methyl sites for hydroxylation is 4. The molecule has 0 fully saturated rings. The zero-order valence-corrected chi connectivity index (χ0v) is 38.9. The van der Waals surface area contributed by atoms with Gasteiger partial charge in [-0.25, -0.2) is 0 Å². The SMILES string of the molecule is CCCCC1=Cc2c(-c3ccc(C)cc3C)c(C)c(C)c(C)c2[CH]1[Zr]([Cl])([Cl])([CH2]C)[CH]1C(CCCC)=Cc2c(-c3ccc(C)cc3C)c(C)c(C)c(C)c21. The average molecular weight is 826 g/mol. The van der Waals surface area contributed by atoms with Gasteiger partial charge in [0.2, 0.25) is 0 Å². The molecule has 281 valence electrons. The molecule has 0 bridgehead atoms. The van der Waals surface area contributed by atoms with Crippen LogP contribution in [0.15, 0.2) is 47.5 Å². The Balaban J connectivity index is 1.71. The van der Waals surface area contributed by atoms with Crippen molar-refractivity contribution in [1.29, 1.82) is 0 Å². The molecule has 0 spiro atoms. The quantitative estimate of drug-likeness (QED) is 0.141. The van der Waals surface area contributed by atoms with Crippen LogP contribution in [0.3, 0.4) is 0 Å². The monoisotopic (exact) mass is 823 g/mol. The molecule has 0 radical (unpaired) electrons. The molecule has 0 aromatic heterocycles. The molecular weight excluding hydrogens is 763 g/mol. The Bertz CT molecular complexity index is 2040. The van der Waals surface area contributed by atoms with Crippen molar-refractivity contribution in [1.82, 2.24) is 0 Å². The first-order valence-corrected chi connectivity index (χ1v) is 31.3. The number of fused-ring (bicyclic) bond motifs is 2. The predicted octanol–water partition coefficient (Wildman–Crippen LogP) is 16.5. The second kappa shape index (κ2) is 15.1. The fourth-order valence-electron chi connectivity index (χ4n) is 10.4. The number of hydrogen-bond donors (Lipinski definition) is 0. The standard InChI is InChI=1S/2C24H29.C2H5.2ClH.Zr/c2*1-7-8-9-20-13-22-18(5)17(4)19(6)24(23(22)14-20)21-11-10-15(2)12-16(21)3;1-2;;;/h2*10-14H,7-9H2,1-6H3;1H2,2H3;2*1H;/q;;;;;+2/p-2. The van der Waals surface area contributed by atoms with E-state index in [-0.39, 0.29) is 7.25 Å². The summed E-state index contributed by atoms with van der Waals surface area (Å²) in [5.74, 6) is 0. The van der Waals surface area contributed by atoms with Gasteiger partial charge in [-0.3, -0.25) is 0 Å². The molecule has 4 aromatic carbocycles. The Kier molecular flexibility index (Phi) is 11.5. The number of allylic oxidation sites excluding steroid dienone is 2. The zero-order chi connectivity index (χ0) is 38.8. The summed E-state index contributed by atoms with van der Waals surface area (Å²) in [5, 5.41) is 0. The minimum atomic E-state index is -5.06. The third-order valence-electron chi connectivity index (χ3n) is 13.7. The van der Waals surface area contributed by atoms with Gasteiger partial charge in [-0.05, 0) is 0 Å². The summed E-state index contributed by atoms with van der Waals surface area (Å²) >= 11 is -5.06. The van der Waals surface area contributed by atoms with Crippen LogP contribution in [0, 0.1) is 69.2 Å². The van der Waals surface area contributed by atoms with Crippen molar-refractivity contribution >= 4 is 29.2 Å². The third-order valence-corrected chi connectivity index (χ3v) is 34.4. The fourth-order valence-corrected chi connectivity index (χ4v) is 28.7. The third kappa shape index (κ3) is 6.56. The van der Waals surface area contributed by atoms with Gasteiger partial charge in [-0.1, -0.05) is 0 Å². The molecule has 0 saturated heterocycles. The Morgan fingerprint density at radius 3 is 1.21 bits per heavy atom. The summed E-state index contributed by atoms with van der Waals surface area (Å²) in [5.41, 5.74) is 27.6. The van der Waals surface area contributed by atoms with E-state index < -0.39 is 16.4 Å². The van der Waals surface area contributed by atoms with Crippen LogP contribution in [0.25, 0.3) is 34.4 Å². The van der Waals surface area contributed by atoms with E-state index in [0.29, 0.717) is 0 Å². The molecular formula is C50H63Cl2Zr. The summed E-state index contributed by atoms with van der Waals surface area (Å²) in [6.07, 6.45) is 11.8. The number of halogens is 2. The number of hydrogen-bond acceptors (Lipinski definition) is 0. The van der Waals surface area contributed by atoms with Gasteiger partial charge in [0.05, 0.1) is 0 Å². The fraction of sp³-hybridized carbons (Fsp3) is 0.440. The summed E-state index contributed by atoms with van der Waals surface area (Å²) in [6, 6.07) is 13.9. The van der Waals surface area contributed by atoms with Crippen molar-refractivity contribution in [3.05, 3.63) is 125 Å². The molecule has 3 heteroatoms. The number of unbranched alkanes of at least 4 members (excludes halogenated alkanes) is 2. The average Bonchev–Trinajstić information content (AvgIpc) is 3.70. The topological polar surface area (TPSA) is 0 Å². The van der Waals surface area contributed by atoms with Crippen molar-refractivity contribution < 1.29 is 16.4 Å². The predicted molar refractivity (Wildman–Crippen MR) is 234 cm³/mol. The van der Waals surface area contributed by atoms with Crippen LogP contribution in [0.4, 0.5) is 0 Å². The summed E-state index contributed by atoms with van der Waals surface area (Å²) in [6.45, 7) is 30.0. The second-order valence-corrected chi connectivity index (χ2v) is 39.9.